The maximum Gasteiger partial charge on any atom is 0.269 e. The molecule has 0 unspecified atom stereocenters. The Kier molecular flexibility index (Phi) is 5.27. The SMILES string of the molecule is CC(=O)c1ccc(N2CCN(Cc3cccc([N+](=O)[O-])c3)CC2)c(F)c1. The minimum Gasteiger partial charge on any atom is -0.367 e. The van der Waals surface area contributed by atoms with Crippen LogP contribution in [0.4, 0.5) is 15.8 Å². The van der Waals surface area contributed by atoms with Crippen LogP contribution in [-0.2, 0) is 6.54 Å². The van der Waals surface area contributed by atoms with E-state index in [0.29, 0.717) is 30.9 Å². The molecule has 0 amide bonds. The summed E-state index contributed by atoms with van der Waals surface area (Å²) in [6.07, 6.45) is 0. The standard InChI is InChI=1S/C19H20FN3O3/c1-14(24)16-5-6-19(18(20)12-16)22-9-7-21(8-10-22)13-15-3-2-4-17(11-15)23(25)26/h2-6,11-12H,7-10,13H2,1H3. The zero-order chi connectivity index (χ0) is 18.7. The Morgan fingerprint density at radius 2 is 1.88 bits per heavy atom. The number of non-ortho nitro benzene ring substituents is 1. The highest BCUT2D eigenvalue weighted by molar-refractivity contribution is 5.94. The normalized spacial score (nSPS) is 15.1. The molecule has 6 nitrogen and oxygen atoms in total. The molecule has 7 heteroatoms. The van der Waals surface area contributed by atoms with Crippen LogP contribution in [0.15, 0.2) is 42.5 Å². The van der Waals surface area contributed by atoms with E-state index >= 15 is 0 Å². The van der Waals surface area contributed by atoms with Crippen molar-refractivity contribution in [2.75, 3.05) is 31.1 Å². The Balaban J connectivity index is 1.62. The third-order valence-corrected chi connectivity index (χ3v) is 4.59. The van der Waals surface area contributed by atoms with Crippen molar-refractivity contribution < 1.29 is 14.1 Å². The number of Topliss-reactive ketones (excluding diaryl/α,β-unsaturated/α-hetero) is 1. The zero-order valence-electron chi connectivity index (χ0n) is 14.5. The van der Waals surface area contributed by atoms with Crippen LogP contribution in [0.1, 0.15) is 22.8 Å². The van der Waals surface area contributed by atoms with Gasteiger partial charge in [-0.2, -0.15) is 0 Å². The van der Waals surface area contributed by atoms with Gasteiger partial charge in [0, 0.05) is 50.4 Å². The lowest BCUT2D eigenvalue weighted by atomic mass is 10.1. The summed E-state index contributed by atoms with van der Waals surface area (Å²) in [6, 6.07) is 11.2. The van der Waals surface area contributed by atoms with E-state index < -0.39 is 4.92 Å². The van der Waals surface area contributed by atoms with Crippen molar-refractivity contribution in [1.29, 1.82) is 0 Å². The summed E-state index contributed by atoms with van der Waals surface area (Å²) in [7, 11) is 0. The lowest BCUT2D eigenvalue weighted by Crippen LogP contribution is -2.46. The van der Waals surface area contributed by atoms with Gasteiger partial charge in [-0.3, -0.25) is 19.8 Å². The van der Waals surface area contributed by atoms with Crippen molar-refractivity contribution in [1.82, 2.24) is 4.90 Å². The molecule has 2 aromatic carbocycles. The molecule has 1 aliphatic rings. The molecular weight excluding hydrogens is 337 g/mol. The van der Waals surface area contributed by atoms with Crippen LogP contribution < -0.4 is 4.90 Å². The molecular formula is C19H20FN3O3. The summed E-state index contributed by atoms with van der Waals surface area (Å²) in [6.45, 7) is 4.83. The van der Waals surface area contributed by atoms with Gasteiger partial charge in [0.15, 0.2) is 5.78 Å². The molecule has 136 valence electrons. The van der Waals surface area contributed by atoms with E-state index in [1.165, 1.54) is 19.1 Å². The molecule has 0 aliphatic carbocycles. The number of nitrogens with zero attached hydrogens (tertiary/aromatic N) is 3. The number of carbonyl (C=O) groups excluding carboxylic acids is 1. The summed E-state index contributed by atoms with van der Waals surface area (Å²) >= 11 is 0. The second-order valence-corrected chi connectivity index (χ2v) is 6.41. The van der Waals surface area contributed by atoms with Gasteiger partial charge in [-0.1, -0.05) is 12.1 Å². The van der Waals surface area contributed by atoms with Gasteiger partial charge < -0.3 is 4.90 Å². The summed E-state index contributed by atoms with van der Waals surface area (Å²) in [4.78, 5) is 26.0. The Labute approximate surface area is 151 Å². The van der Waals surface area contributed by atoms with Crippen LogP contribution in [0.2, 0.25) is 0 Å². The Bertz CT molecular complexity index is 833. The van der Waals surface area contributed by atoms with Gasteiger partial charge in [-0.05, 0) is 30.7 Å². The molecule has 2 aromatic rings. The first-order chi connectivity index (χ1) is 12.4. The van der Waals surface area contributed by atoms with Crippen molar-refractivity contribution in [3.05, 3.63) is 69.5 Å². The Morgan fingerprint density at radius 1 is 1.15 bits per heavy atom. The topological polar surface area (TPSA) is 66.7 Å². The molecule has 0 atom stereocenters. The molecule has 0 N–H and O–H groups in total. The third kappa shape index (κ3) is 4.05. The quantitative estimate of drug-likeness (QED) is 0.467. The summed E-state index contributed by atoms with van der Waals surface area (Å²) in [5.74, 6) is -0.540. The number of halogens is 1. The molecule has 0 bridgehead atoms. The highest BCUT2D eigenvalue weighted by Crippen LogP contribution is 2.23. The molecule has 1 aliphatic heterocycles. The fourth-order valence-corrected chi connectivity index (χ4v) is 3.16. The molecule has 0 spiro atoms. The lowest BCUT2D eigenvalue weighted by Gasteiger charge is -2.36. The lowest BCUT2D eigenvalue weighted by molar-refractivity contribution is -0.384. The minimum atomic E-state index is -0.394. The van der Waals surface area contributed by atoms with Crippen LogP contribution in [-0.4, -0.2) is 41.8 Å². The van der Waals surface area contributed by atoms with Gasteiger partial charge in [-0.15, -0.1) is 0 Å². The number of carbonyl (C=O) groups is 1. The maximum absolute atomic E-state index is 14.3. The van der Waals surface area contributed by atoms with Crippen molar-refractivity contribution in [2.45, 2.75) is 13.5 Å². The third-order valence-electron chi connectivity index (χ3n) is 4.59. The number of ketones is 1. The molecule has 26 heavy (non-hydrogen) atoms. The number of piperazine rings is 1. The smallest absolute Gasteiger partial charge is 0.269 e. The maximum atomic E-state index is 14.3. The highest BCUT2D eigenvalue weighted by atomic mass is 19.1. The van der Waals surface area contributed by atoms with E-state index in [1.54, 1.807) is 24.3 Å². The van der Waals surface area contributed by atoms with Gasteiger partial charge in [0.1, 0.15) is 5.82 Å². The second-order valence-electron chi connectivity index (χ2n) is 6.41. The number of nitro groups is 1. The van der Waals surface area contributed by atoms with Gasteiger partial charge >= 0.3 is 0 Å². The van der Waals surface area contributed by atoms with Crippen LogP contribution in [0.5, 0.6) is 0 Å². The summed E-state index contributed by atoms with van der Waals surface area (Å²) < 4.78 is 14.3. The van der Waals surface area contributed by atoms with Gasteiger partial charge in [0.05, 0.1) is 10.6 Å². The second kappa shape index (κ2) is 7.61. The summed E-state index contributed by atoms with van der Waals surface area (Å²) in [5, 5.41) is 10.9. The monoisotopic (exact) mass is 357 g/mol. The van der Waals surface area contributed by atoms with E-state index in [4.69, 9.17) is 0 Å². The average molecular weight is 357 g/mol. The van der Waals surface area contributed by atoms with E-state index in [0.717, 1.165) is 18.7 Å². The van der Waals surface area contributed by atoms with Crippen LogP contribution in [0.3, 0.4) is 0 Å². The molecule has 1 heterocycles. The summed E-state index contributed by atoms with van der Waals surface area (Å²) in [5.41, 5.74) is 1.86. The first-order valence-electron chi connectivity index (χ1n) is 8.45. The van der Waals surface area contributed by atoms with Crippen molar-refractivity contribution in [3.63, 3.8) is 0 Å². The van der Waals surface area contributed by atoms with E-state index in [9.17, 15) is 19.3 Å². The minimum absolute atomic E-state index is 0.0915. The Morgan fingerprint density at radius 3 is 2.50 bits per heavy atom. The number of hydrogen-bond donors (Lipinski definition) is 0. The fourth-order valence-electron chi connectivity index (χ4n) is 3.16. The van der Waals surface area contributed by atoms with Gasteiger partial charge in [0.25, 0.3) is 5.69 Å². The Hall–Kier alpha value is -2.80. The molecule has 0 saturated carbocycles. The van der Waals surface area contributed by atoms with E-state index in [-0.39, 0.29) is 17.3 Å². The highest BCUT2D eigenvalue weighted by Gasteiger charge is 2.20. The largest absolute Gasteiger partial charge is 0.367 e. The molecule has 3 rings (SSSR count). The number of nitro benzene ring substituents is 1. The number of benzene rings is 2. The number of rotatable bonds is 5. The first-order valence-corrected chi connectivity index (χ1v) is 8.45. The molecule has 1 saturated heterocycles. The van der Waals surface area contributed by atoms with Crippen molar-refractivity contribution in [3.8, 4) is 0 Å². The van der Waals surface area contributed by atoms with Crippen molar-refractivity contribution >= 4 is 17.2 Å². The predicted molar refractivity (Wildman–Crippen MR) is 97.0 cm³/mol. The van der Waals surface area contributed by atoms with Crippen LogP contribution in [0.25, 0.3) is 0 Å². The van der Waals surface area contributed by atoms with E-state index in [1.807, 2.05) is 11.0 Å². The molecule has 0 aromatic heterocycles. The predicted octanol–water partition coefficient (Wildman–Crippen LogP) is 3.26. The fraction of sp³-hybridized carbons (Fsp3) is 0.316. The van der Waals surface area contributed by atoms with Crippen LogP contribution in [0, 0.1) is 15.9 Å². The van der Waals surface area contributed by atoms with Crippen LogP contribution >= 0.6 is 0 Å². The molecule has 0 radical (unpaired) electrons. The van der Waals surface area contributed by atoms with Gasteiger partial charge in [0.2, 0.25) is 0 Å². The average Bonchev–Trinajstić information content (AvgIpc) is 2.62. The van der Waals surface area contributed by atoms with Gasteiger partial charge in [-0.25, -0.2) is 4.39 Å². The molecule has 1 fully saturated rings. The number of hydrogen-bond acceptors (Lipinski definition) is 5. The first kappa shape index (κ1) is 18.0. The zero-order valence-corrected chi connectivity index (χ0v) is 14.5. The van der Waals surface area contributed by atoms with Crippen molar-refractivity contribution in [2.24, 2.45) is 0 Å². The van der Waals surface area contributed by atoms with E-state index in [2.05, 4.69) is 4.90 Å². The number of anilines is 1.